The van der Waals surface area contributed by atoms with Crippen LogP contribution in [-0.2, 0) is 11.2 Å². The van der Waals surface area contributed by atoms with E-state index in [-0.39, 0.29) is 17.9 Å². The molecule has 0 saturated carbocycles. The van der Waals surface area contributed by atoms with Crippen molar-refractivity contribution in [1.29, 1.82) is 0 Å². The van der Waals surface area contributed by atoms with Crippen LogP contribution in [0, 0.1) is 5.92 Å². The zero-order chi connectivity index (χ0) is 15.7. The van der Waals surface area contributed by atoms with Gasteiger partial charge in [-0.25, -0.2) is 4.79 Å². The number of imide groups is 1. The number of hydrogen-bond donors (Lipinski definition) is 1. The normalized spacial score (nSPS) is 29.9. The first-order valence-corrected chi connectivity index (χ1v) is 8.73. The number of carbonyl (C=O) groups excluding carboxylic acids is 2. The largest absolute Gasteiger partial charge is 0.324 e. The molecule has 2 aliphatic heterocycles. The van der Waals surface area contributed by atoms with E-state index in [1.165, 1.54) is 9.78 Å². The first-order valence-electron chi connectivity index (χ1n) is 7.86. The lowest BCUT2D eigenvalue weighted by Gasteiger charge is -2.39. The van der Waals surface area contributed by atoms with Crippen LogP contribution in [0.1, 0.15) is 24.6 Å². The molecule has 22 heavy (non-hydrogen) atoms. The molecule has 6 heteroatoms. The van der Waals surface area contributed by atoms with Crippen LogP contribution in [0.2, 0.25) is 0 Å². The molecular weight excluding hydrogens is 298 g/mol. The Kier molecular flexibility index (Phi) is 4.23. The first-order chi connectivity index (χ1) is 10.5. The van der Waals surface area contributed by atoms with E-state index in [9.17, 15) is 9.59 Å². The van der Waals surface area contributed by atoms with Crippen molar-refractivity contribution in [3.63, 3.8) is 0 Å². The van der Waals surface area contributed by atoms with Gasteiger partial charge in [0.05, 0.1) is 0 Å². The molecule has 120 valence electrons. The summed E-state index contributed by atoms with van der Waals surface area (Å²) >= 11 is 1.79. The monoisotopic (exact) mass is 321 g/mol. The standard InChI is InChI=1S/C16H23N3O2S/c1-16(14(20)18(2)15(21)17-16)12-5-3-8-19(11-12)9-7-13-6-4-10-22-13/h4,6,10,12H,3,5,7-9,11H2,1-2H3,(H,17,21)/t12-,16+/m1/s1. The molecule has 2 fully saturated rings. The van der Waals surface area contributed by atoms with Gasteiger partial charge in [0, 0.05) is 30.9 Å². The maximum absolute atomic E-state index is 12.4. The van der Waals surface area contributed by atoms with Crippen molar-refractivity contribution in [2.75, 3.05) is 26.7 Å². The van der Waals surface area contributed by atoms with Gasteiger partial charge in [0.25, 0.3) is 5.91 Å². The highest BCUT2D eigenvalue weighted by Crippen LogP contribution is 2.32. The number of amides is 3. The van der Waals surface area contributed by atoms with Crippen LogP contribution in [0.4, 0.5) is 4.79 Å². The predicted octanol–water partition coefficient (Wildman–Crippen LogP) is 1.94. The van der Waals surface area contributed by atoms with Crippen LogP contribution in [0.15, 0.2) is 17.5 Å². The molecule has 5 nitrogen and oxygen atoms in total. The van der Waals surface area contributed by atoms with Crippen molar-refractivity contribution in [3.05, 3.63) is 22.4 Å². The summed E-state index contributed by atoms with van der Waals surface area (Å²) in [7, 11) is 1.56. The number of hydrogen-bond acceptors (Lipinski definition) is 4. The number of likely N-dealkylation sites (N-methyl/N-ethyl adjacent to an activating group) is 1. The number of urea groups is 1. The average Bonchev–Trinajstić information content (AvgIpc) is 3.10. The van der Waals surface area contributed by atoms with E-state index in [0.717, 1.165) is 38.9 Å². The molecule has 0 spiro atoms. The Labute approximate surface area is 135 Å². The van der Waals surface area contributed by atoms with Gasteiger partial charge in [0.2, 0.25) is 0 Å². The van der Waals surface area contributed by atoms with E-state index in [1.807, 2.05) is 6.92 Å². The van der Waals surface area contributed by atoms with Crippen LogP contribution in [0.5, 0.6) is 0 Å². The number of carbonyl (C=O) groups is 2. The lowest BCUT2D eigenvalue weighted by atomic mass is 9.80. The lowest BCUT2D eigenvalue weighted by molar-refractivity contribution is -0.132. The first kappa shape index (κ1) is 15.5. The summed E-state index contributed by atoms with van der Waals surface area (Å²) in [6, 6.07) is 3.98. The van der Waals surface area contributed by atoms with Crippen LogP contribution < -0.4 is 5.32 Å². The second-order valence-corrected chi connectivity index (χ2v) is 7.50. The van der Waals surface area contributed by atoms with Crippen LogP contribution in [0.25, 0.3) is 0 Å². The third-order valence-electron chi connectivity index (χ3n) is 5.00. The molecule has 2 aliphatic rings. The molecule has 1 N–H and O–H groups in total. The fourth-order valence-corrected chi connectivity index (χ4v) is 4.23. The van der Waals surface area contributed by atoms with Crippen molar-refractivity contribution in [2.24, 2.45) is 5.92 Å². The van der Waals surface area contributed by atoms with Crippen molar-refractivity contribution < 1.29 is 9.59 Å². The quantitative estimate of drug-likeness (QED) is 0.862. The van der Waals surface area contributed by atoms with Gasteiger partial charge in [-0.3, -0.25) is 9.69 Å². The highest BCUT2D eigenvalue weighted by molar-refractivity contribution is 7.09. The fraction of sp³-hybridized carbons (Fsp3) is 0.625. The Balaban J connectivity index is 1.63. The maximum atomic E-state index is 12.4. The Morgan fingerprint density at radius 3 is 2.91 bits per heavy atom. The average molecular weight is 321 g/mol. The van der Waals surface area contributed by atoms with E-state index in [1.54, 1.807) is 18.4 Å². The minimum absolute atomic E-state index is 0.0948. The Morgan fingerprint density at radius 1 is 1.45 bits per heavy atom. The summed E-state index contributed by atoms with van der Waals surface area (Å²) in [5.41, 5.74) is -0.743. The van der Waals surface area contributed by atoms with E-state index in [4.69, 9.17) is 0 Å². The Hall–Kier alpha value is -1.40. The molecule has 0 aromatic carbocycles. The summed E-state index contributed by atoms with van der Waals surface area (Å²) in [6.07, 6.45) is 3.13. The highest BCUT2D eigenvalue weighted by atomic mass is 32.1. The zero-order valence-corrected chi connectivity index (χ0v) is 14.0. The summed E-state index contributed by atoms with van der Waals surface area (Å²) in [4.78, 5) is 29.2. The van der Waals surface area contributed by atoms with Gasteiger partial charge in [0.15, 0.2) is 0 Å². The lowest BCUT2D eigenvalue weighted by Crippen LogP contribution is -2.55. The minimum atomic E-state index is -0.743. The van der Waals surface area contributed by atoms with E-state index >= 15 is 0 Å². The summed E-state index contributed by atoms with van der Waals surface area (Å²) in [5, 5.41) is 5.01. The molecule has 3 heterocycles. The van der Waals surface area contributed by atoms with E-state index < -0.39 is 5.54 Å². The third kappa shape index (κ3) is 2.77. The second kappa shape index (κ2) is 6.01. The topological polar surface area (TPSA) is 52.7 Å². The molecule has 0 radical (unpaired) electrons. The summed E-state index contributed by atoms with van der Waals surface area (Å²) < 4.78 is 0. The minimum Gasteiger partial charge on any atom is -0.323 e. The third-order valence-corrected chi connectivity index (χ3v) is 5.93. The van der Waals surface area contributed by atoms with Gasteiger partial charge in [-0.15, -0.1) is 11.3 Å². The Bertz CT molecular complexity index is 560. The van der Waals surface area contributed by atoms with Crippen molar-refractivity contribution in [1.82, 2.24) is 15.1 Å². The molecule has 0 bridgehead atoms. The second-order valence-electron chi connectivity index (χ2n) is 6.47. The number of nitrogens with zero attached hydrogens (tertiary/aromatic N) is 2. The van der Waals surface area contributed by atoms with Crippen molar-refractivity contribution >= 4 is 23.3 Å². The van der Waals surface area contributed by atoms with Gasteiger partial charge >= 0.3 is 6.03 Å². The van der Waals surface area contributed by atoms with E-state index in [0.29, 0.717) is 0 Å². The summed E-state index contributed by atoms with van der Waals surface area (Å²) in [5.74, 6) is 0.0913. The highest BCUT2D eigenvalue weighted by Gasteiger charge is 2.51. The number of rotatable bonds is 4. The van der Waals surface area contributed by atoms with Crippen LogP contribution in [0.3, 0.4) is 0 Å². The van der Waals surface area contributed by atoms with Crippen molar-refractivity contribution in [2.45, 2.75) is 31.7 Å². The number of likely N-dealkylation sites (tertiary alicyclic amines) is 1. The van der Waals surface area contributed by atoms with Gasteiger partial charge in [-0.2, -0.15) is 0 Å². The SMILES string of the molecule is CN1C(=O)N[C@@](C)([C@@H]2CCCN(CCc3cccs3)C2)C1=O. The molecule has 2 atom stereocenters. The zero-order valence-electron chi connectivity index (χ0n) is 13.2. The van der Waals surface area contributed by atoms with Crippen LogP contribution in [-0.4, -0.2) is 54.0 Å². The maximum Gasteiger partial charge on any atom is 0.324 e. The molecule has 3 amide bonds. The van der Waals surface area contributed by atoms with Gasteiger partial charge in [-0.1, -0.05) is 6.07 Å². The summed E-state index contributed by atoms with van der Waals surface area (Å²) in [6.45, 7) is 4.85. The molecule has 2 saturated heterocycles. The van der Waals surface area contributed by atoms with Gasteiger partial charge in [-0.05, 0) is 44.2 Å². The number of piperidine rings is 1. The predicted molar refractivity (Wildman–Crippen MR) is 86.9 cm³/mol. The Morgan fingerprint density at radius 2 is 2.27 bits per heavy atom. The molecule has 0 unspecified atom stereocenters. The smallest absolute Gasteiger partial charge is 0.323 e. The van der Waals surface area contributed by atoms with Crippen LogP contribution >= 0.6 is 11.3 Å². The molecule has 1 aromatic rings. The molecule has 0 aliphatic carbocycles. The molecule has 1 aromatic heterocycles. The number of thiophene rings is 1. The molecular formula is C16H23N3O2S. The van der Waals surface area contributed by atoms with Gasteiger partial charge in [0.1, 0.15) is 5.54 Å². The number of nitrogens with one attached hydrogen (secondary N) is 1. The van der Waals surface area contributed by atoms with E-state index in [2.05, 4.69) is 27.7 Å². The fourth-order valence-electron chi connectivity index (χ4n) is 3.53. The van der Waals surface area contributed by atoms with Crippen molar-refractivity contribution in [3.8, 4) is 0 Å². The molecule has 3 rings (SSSR count). The van der Waals surface area contributed by atoms with Gasteiger partial charge < -0.3 is 10.2 Å².